The predicted molar refractivity (Wildman–Crippen MR) is 69.6 cm³/mol. The van der Waals surface area contributed by atoms with Crippen molar-refractivity contribution in [3.05, 3.63) is 59.7 Å². The SMILES string of the molecule is NCCc1ccc(-c2cccc(C(F)(F)F)c2)cc1. The van der Waals surface area contributed by atoms with Crippen LogP contribution in [0.15, 0.2) is 48.5 Å². The van der Waals surface area contributed by atoms with E-state index in [-0.39, 0.29) is 0 Å². The zero-order valence-electron chi connectivity index (χ0n) is 10.2. The number of benzene rings is 2. The maximum Gasteiger partial charge on any atom is 0.416 e. The maximum atomic E-state index is 12.6. The number of hydrogen-bond acceptors (Lipinski definition) is 1. The fraction of sp³-hybridized carbons (Fsp3) is 0.200. The van der Waals surface area contributed by atoms with Crippen molar-refractivity contribution in [2.24, 2.45) is 5.73 Å². The summed E-state index contributed by atoms with van der Waals surface area (Å²) >= 11 is 0. The van der Waals surface area contributed by atoms with E-state index in [4.69, 9.17) is 5.73 Å². The van der Waals surface area contributed by atoms with Crippen molar-refractivity contribution in [2.75, 3.05) is 6.54 Å². The monoisotopic (exact) mass is 265 g/mol. The van der Waals surface area contributed by atoms with Crippen molar-refractivity contribution in [1.82, 2.24) is 0 Å². The maximum absolute atomic E-state index is 12.6. The van der Waals surface area contributed by atoms with Crippen molar-refractivity contribution in [3.8, 4) is 11.1 Å². The van der Waals surface area contributed by atoms with E-state index in [0.717, 1.165) is 29.7 Å². The van der Waals surface area contributed by atoms with Crippen LogP contribution in [0.2, 0.25) is 0 Å². The van der Waals surface area contributed by atoms with E-state index in [9.17, 15) is 13.2 Å². The highest BCUT2D eigenvalue weighted by Gasteiger charge is 2.30. The van der Waals surface area contributed by atoms with Gasteiger partial charge in [0.25, 0.3) is 0 Å². The van der Waals surface area contributed by atoms with E-state index < -0.39 is 11.7 Å². The molecule has 2 N–H and O–H groups in total. The summed E-state index contributed by atoms with van der Waals surface area (Å²) in [6.45, 7) is 0.558. The second kappa shape index (κ2) is 5.45. The van der Waals surface area contributed by atoms with E-state index in [1.807, 2.05) is 24.3 Å². The van der Waals surface area contributed by atoms with Crippen LogP contribution in [-0.4, -0.2) is 6.54 Å². The molecule has 4 heteroatoms. The van der Waals surface area contributed by atoms with Crippen molar-refractivity contribution < 1.29 is 13.2 Å². The largest absolute Gasteiger partial charge is 0.416 e. The topological polar surface area (TPSA) is 26.0 Å². The van der Waals surface area contributed by atoms with Gasteiger partial charge in [0.1, 0.15) is 0 Å². The van der Waals surface area contributed by atoms with Gasteiger partial charge in [-0.1, -0.05) is 36.4 Å². The minimum absolute atomic E-state index is 0.558. The van der Waals surface area contributed by atoms with Crippen LogP contribution in [0.25, 0.3) is 11.1 Å². The first-order valence-electron chi connectivity index (χ1n) is 5.97. The Bertz CT molecular complexity index is 544. The molecule has 0 amide bonds. The molecule has 0 aliphatic heterocycles. The first-order valence-corrected chi connectivity index (χ1v) is 5.97. The molecular weight excluding hydrogens is 251 g/mol. The lowest BCUT2D eigenvalue weighted by atomic mass is 10.0. The molecule has 100 valence electrons. The Kier molecular flexibility index (Phi) is 3.90. The third-order valence-electron chi connectivity index (χ3n) is 2.91. The first-order chi connectivity index (χ1) is 9.00. The molecule has 0 aliphatic rings. The van der Waals surface area contributed by atoms with Crippen LogP contribution in [0.1, 0.15) is 11.1 Å². The molecular formula is C15H14F3N. The summed E-state index contributed by atoms with van der Waals surface area (Å²) in [5.41, 5.74) is 7.24. The van der Waals surface area contributed by atoms with Crippen LogP contribution >= 0.6 is 0 Å². The molecule has 0 bridgehead atoms. The fourth-order valence-electron chi connectivity index (χ4n) is 1.91. The van der Waals surface area contributed by atoms with Crippen molar-refractivity contribution in [2.45, 2.75) is 12.6 Å². The quantitative estimate of drug-likeness (QED) is 0.895. The van der Waals surface area contributed by atoms with Crippen LogP contribution in [0.4, 0.5) is 13.2 Å². The highest BCUT2D eigenvalue weighted by atomic mass is 19.4. The minimum Gasteiger partial charge on any atom is -0.330 e. The molecule has 2 aromatic rings. The lowest BCUT2D eigenvalue weighted by Crippen LogP contribution is -2.04. The molecule has 0 atom stereocenters. The van der Waals surface area contributed by atoms with Gasteiger partial charge in [0.2, 0.25) is 0 Å². The van der Waals surface area contributed by atoms with Gasteiger partial charge in [-0.05, 0) is 41.8 Å². The molecule has 1 nitrogen and oxygen atoms in total. The Labute approximate surface area is 109 Å². The smallest absolute Gasteiger partial charge is 0.330 e. The van der Waals surface area contributed by atoms with Crippen LogP contribution < -0.4 is 5.73 Å². The Balaban J connectivity index is 2.31. The Hall–Kier alpha value is -1.81. The van der Waals surface area contributed by atoms with Gasteiger partial charge in [-0.2, -0.15) is 13.2 Å². The fourth-order valence-corrected chi connectivity index (χ4v) is 1.91. The average molecular weight is 265 g/mol. The van der Waals surface area contributed by atoms with Crippen LogP contribution in [0, 0.1) is 0 Å². The second-order valence-corrected chi connectivity index (χ2v) is 4.31. The van der Waals surface area contributed by atoms with Gasteiger partial charge in [-0.15, -0.1) is 0 Å². The summed E-state index contributed by atoms with van der Waals surface area (Å²) in [6.07, 6.45) is -3.54. The highest BCUT2D eigenvalue weighted by Crippen LogP contribution is 2.32. The number of alkyl halides is 3. The standard InChI is InChI=1S/C15H14F3N/c16-15(17,18)14-3-1-2-13(10-14)12-6-4-11(5-7-12)8-9-19/h1-7,10H,8-9,19H2. The Morgan fingerprint density at radius 1 is 0.895 bits per heavy atom. The van der Waals surface area contributed by atoms with Gasteiger partial charge in [0.05, 0.1) is 5.56 Å². The molecule has 0 unspecified atom stereocenters. The third kappa shape index (κ3) is 3.35. The second-order valence-electron chi connectivity index (χ2n) is 4.31. The summed E-state index contributed by atoms with van der Waals surface area (Å²) in [7, 11) is 0. The van der Waals surface area contributed by atoms with Crippen LogP contribution in [0.3, 0.4) is 0 Å². The Morgan fingerprint density at radius 3 is 2.16 bits per heavy atom. The summed E-state index contributed by atoms with van der Waals surface area (Å²) in [6, 6.07) is 12.8. The normalized spacial score (nSPS) is 11.6. The van der Waals surface area contributed by atoms with Crippen LogP contribution in [-0.2, 0) is 12.6 Å². The molecule has 0 heterocycles. The van der Waals surface area contributed by atoms with Gasteiger partial charge in [-0.3, -0.25) is 0 Å². The van der Waals surface area contributed by atoms with E-state index in [0.29, 0.717) is 12.1 Å². The lowest BCUT2D eigenvalue weighted by molar-refractivity contribution is -0.137. The van der Waals surface area contributed by atoms with E-state index in [1.165, 1.54) is 6.07 Å². The Morgan fingerprint density at radius 2 is 1.58 bits per heavy atom. The van der Waals surface area contributed by atoms with Gasteiger partial charge in [0.15, 0.2) is 0 Å². The van der Waals surface area contributed by atoms with Gasteiger partial charge in [0, 0.05) is 0 Å². The molecule has 0 aliphatic carbocycles. The van der Waals surface area contributed by atoms with E-state index >= 15 is 0 Å². The van der Waals surface area contributed by atoms with Gasteiger partial charge in [-0.25, -0.2) is 0 Å². The first kappa shape index (κ1) is 13.6. The van der Waals surface area contributed by atoms with Gasteiger partial charge >= 0.3 is 6.18 Å². The van der Waals surface area contributed by atoms with Crippen molar-refractivity contribution in [3.63, 3.8) is 0 Å². The molecule has 2 aromatic carbocycles. The third-order valence-corrected chi connectivity index (χ3v) is 2.91. The number of halogens is 3. The molecule has 0 saturated heterocycles. The van der Waals surface area contributed by atoms with Gasteiger partial charge < -0.3 is 5.73 Å². The summed E-state index contributed by atoms with van der Waals surface area (Å²) in [4.78, 5) is 0. The lowest BCUT2D eigenvalue weighted by Gasteiger charge is -2.09. The van der Waals surface area contributed by atoms with E-state index in [1.54, 1.807) is 6.07 Å². The molecule has 0 spiro atoms. The molecule has 2 rings (SSSR count). The molecule has 19 heavy (non-hydrogen) atoms. The van der Waals surface area contributed by atoms with Crippen LogP contribution in [0.5, 0.6) is 0 Å². The zero-order valence-corrected chi connectivity index (χ0v) is 10.2. The van der Waals surface area contributed by atoms with Crippen molar-refractivity contribution >= 4 is 0 Å². The summed E-state index contributed by atoms with van der Waals surface area (Å²) < 4.78 is 37.9. The number of rotatable bonds is 3. The summed E-state index contributed by atoms with van der Waals surface area (Å²) in [5, 5.41) is 0. The number of nitrogens with two attached hydrogens (primary N) is 1. The molecule has 0 radical (unpaired) electrons. The predicted octanol–water partition coefficient (Wildman–Crippen LogP) is 3.87. The molecule has 0 fully saturated rings. The average Bonchev–Trinajstić information content (AvgIpc) is 2.39. The van der Waals surface area contributed by atoms with E-state index in [2.05, 4.69) is 0 Å². The molecule has 0 aromatic heterocycles. The zero-order chi connectivity index (χ0) is 13.9. The minimum atomic E-state index is -4.31. The summed E-state index contributed by atoms with van der Waals surface area (Å²) in [5.74, 6) is 0. The number of hydrogen-bond donors (Lipinski definition) is 1. The highest BCUT2D eigenvalue weighted by molar-refractivity contribution is 5.64. The molecule has 0 saturated carbocycles. The van der Waals surface area contributed by atoms with Crippen molar-refractivity contribution in [1.29, 1.82) is 0 Å².